The van der Waals surface area contributed by atoms with Crippen molar-refractivity contribution in [3.05, 3.63) is 41.7 Å². The summed E-state index contributed by atoms with van der Waals surface area (Å²) in [6.45, 7) is 9.76. The molecular weight excluding hydrogens is 458 g/mol. The summed E-state index contributed by atoms with van der Waals surface area (Å²) in [7, 11) is -3.73. The van der Waals surface area contributed by atoms with E-state index in [1.807, 2.05) is 26.8 Å². The van der Waals surface area contributed by atoms with Crippen molar-refractivity contribution in [2.75, 3.05) is 18.4 Å². The molecule has 1 amide bonds. The number of carbonyl (C=O) groups is 1. The van der Waals surface area contributed by atoms with Crippen LogP contribution in [0.3, 0.4) is 0 Å². The average molecular weight is 488 g/mol. The highest BCUT2D eigenvalue weighted by atomic mass is 32.2. The van der Waals surface area contributed by atoms with Gasteiger partial charge in [-0.2, -0.15) is 14.1 Å². The first-order valence-corrected chi connectivity index (χ1v) is 12.5. The standard InChI is InChI=1S/C22H29N7O4S/c1-14-19(15(2)33-27-14)34(31,32)28-11-7-16(8-12-28)20(30)25-18-13-17(22(3,4)5)26-29(18)21-23-9-6-10-24-21/h6,9-10,13,16H,7-8,11-12H2,1-5H3,(H,25,30). The molecule has 0 unspecified atom stereocenters. The minimum absolute atomic E-state index is 0.108. The largest absolute Gasteiger partial charge is 0.360 e. The Morgan fingerprint density at radius 3 is 2.35 bits per heavy atom. The molecule has 12 heteroatoms. The van der Waals surface area contributed by atoms with Gasteiger partial charge in [-0.25, -0.2) is 18.4 Å². The summed E-state index contributed by atoms with van der Waals surface area (Å²) >= 11 is 0. The first-order valence-electron chi connectivity index (χ1n) is 11.1. The minimum atomic E-state index is -3.73. The van der Waals surface area contributed by atoms with Gasteiger partial charge >= 0.3 is 0 Å². The smallest absolute Gasteiger partial charge is 0.252 e. The molecule has 1 N–H and O–H groups in total. The van der Waals surface area contributed by atoms with E-state index >= 15 is 0 Å². The number of hydrogen-bond donors (Lipinski definition) is 1. The fourth-order valence-electron chi connectivity index (χ4n) is 3.95. The van der Waals surface area contributed by atoms with E-state index in [2.05, 4.69) is 25.5 Å². The Bertz CT molecular complexity index is 1270. The zero-order chi connectivity index (χ0) is 24.7. The maximum atomic E-state index is 13.1. The van der Waals surface area contributed by atoms with Gasteiger partial charge in [-0.05, 0) is 32.8 Å². The van der Waals surface area contributed by atoms with Gasteiger partial charge in [0, 0.05) is 42.9 Å². The van der Waals surface area contributed by atoms with E-state index in [4.69, 9.17) is 4.52 Å². The van der Waals surface area contributed by atoms with Crippen LogP contribution in [-0.4, -0.2) is 56.6 Å². The third kappa shape index (κ3) is 4.60. The number of carbonyl (C=O) groups excluding carboxylic acids is 1. The molecule has 1 saturated heterocycles. The molecule has 1 fully saturated rings. The van der Waals surface area contributed by atoms with Gasteiger partial charge in [0.25, 0.3) is 5.95 Å². The van der Waals surface area contributed by atoms with Crippen molar-refractivity contribution < 1.29 is 17.7 Å². The van der Waals surface area contributed by atoms with Crippen LogP contribution in [0.5, 0.6) is 0 Å². The predicted octanol–water partition coefficient (Wildman–Crippen LogP) is 2.60. The van der Waals surface area contributed by atoms with Crippen molar-refractivity contribution in [1.29, 1.82) is 0 Å². The second-order valence-corrected chi connectivity index (χ2v) is 11.3. The summed E-state index contributed by atoms with van der Waals surface area (Å²) in [6.07, 6.45) is 4.02. The highest BCUT2D eigenvalue weighted by Gasteiger charge is 2.36. The first-order chi connectivity index (χ1) is 16.0. The first kappa shape index (κ1) is 24.0. The fourth-order valence-corrected chi connectivity index (χ4v) is 5.71. The van der Waals surface area contributed by atoms with Gasteiger partial charge in [0.1, 0.15) is 16.4 Å². The zero-order valence-electron chi connectivity index (χ0n) is 19.9. The number of aromatic nitrogens is 5. The number of aryl methyl sites for hydroxylation is 2. The molecule has 1 aliphatic heterocycles. The number of sulfonamides is 1. The molecule has 1 aliphatic rings. The Morgan fingerprint density at radius 1 is 1.15 bits per heavy atom. The number of hydrogen-bond acceptors (Lipinski definition) is 8. The number of anilines is 1. The highest BCUT2D eigenvalue weighted by Crippen LogP contribution is 2.29. The Hall–Kier alpha value is -3.12. The molecule has 182 valence electrons. The van der Waals surface area contributed by atoms with Crippen LogP contribution in [0, 0.1) is 19.8 Å². The van der Waals surface area contributed by atoms with Gasteiger partial charge in [0.15, 0.2) is 5.76 Å². The molecule has 3 aromatic rings. The van der Waals surface area contributed by atoms with E-state index in [1.54, 1.807) is 32.3 Å². The van der Waals surface area contributed by atoms with Crippen molar-refractivity contribution in [2.45, 2.75) is 57.8 Å². The van der Waals surface area contributed by atoms with Gasteiger partial charge in [-0.15, -0.1) is 0 Å². The van der Waals surface area contributed by atoms with Crippen LogP contribution < -0.4 is 5.32 Å². The summed E-state index contributed by atoms with van der Waals surface area (Å²) in [5.74, 6) is 0.574. The van der Waals surface area contributed by atoms with Crippen LogP contribution >= 0.6 is 0 Å². The molecule has 0 aliphatic carbocycles. The van der Waals surface area contributed by atoms with Crippen molar-refractivity contribution >= 4 is 21.7 Å². The summed E-state index contributed by atoms with van der Waals surface area (Å²) < 4.78 is 34.1. The molecule has 4 heterocycles. The van der Waals surface area contributed by atoms with Gasteiger partial charge in [-0.1, -0.05) is 25.9 Å². The molecule has 11 nitrogen and oxygen atoms in total. The molecule has 0 bridgehead atoms. The van der Waals surface area contributed by atoms with E-state index in [9.17, 15) is 13.2 Å². The van der Waals surface area contributed by atoms with Crippen molar-refractivity contribution in [3.8, 4) is 5.95 Å². The topological polar surface area (TPSA) is 136 Å². The van der Waals surface area contributed by atoms with E-state index in [-0.39, 0.29) is 41.0 Å². The lowest BCUT2D eigenvalue weighted by Crippen LogP contribution is -2.41. The SMILES string of the molecule is Cc1noc(C)c1S(=O)(=O)N1CCC(C(=O)Nc2cc(C(C)(C)C)nn2-c2ncccn2)CC1. The van der Waals surface area contributed by atoms with Crippen LogP contribution in [0.15, 0.2) is 33.9 Å². The predicted molar refractivity (Wildman–Crippen MR) is 124 cm³/mol. The van der Waals surface area contributed by atoms with Crippen LogP contribution in [0.1, 0.15) is 50.8 Å². The number of rotatable bonds is 5. The quantitative estimate of drug-likeness (QED) is 0.580. The fraction of sp³-hybridized carbons (Fsp3) is 0.500. The Kier molecular flexibility index (Phi) is 6.30. The van der Waals surface area contributed by atoms with Gasteiger partial charge in [0.05, 0.1) is 5.69 Å². The second kappa shape index (κ2) is 8.91. The normalized spacial score (nSPS) is 16.0. The third-order valence-electron chi connectivity index (χ3n) is 5.86. The monoisotopic (exact) mass is 487 g/mol. The Balaban J connectivity index is 1.49. The molecular formula is C22H29N7O4S. The van der Waals surface area contributed by atoms with Crippen LogP contribution in [-0.2, 0) is 20.2 Å². The lowest BCUT2D eigenvalue weighted by molar-refractivity contribution is -0.120. The Morgan fingerprint density at radius 2 is 1.79 bits per heavy atom. The van der Waals surface area contributed by atoms with E-state index in [0.29, 0.717) is 30.3 Å². The van der Waals surface area contributed by atoms with Crippen molar-refractivity contribution in [3.63, 3.8) is 0 Å². The molecule has 34 heavy (non-hydrogen) atoms. The maximum absolute atomic E-state index is 13.1. The highest BCUT2D eigenvalue weighted by molar-refractivity contribution is 7.89. The lowest BCUT2D eigenvalue weighted by Gasteiger charge is -2.30. The number of amides is 1. The van der Waals surface area contributed by atoms with E-state index in [1.165, 1.54) is 8.99 Å². The van der Waals surface area contributed by atoms with Crippen molar-refractivity contribution in [1.82, 2.24) is 29.2 Å². The van der Waals surface area contributed by atoms with Crippen LogP contribution in [0.25, 0.3) is 5.95 Å². The number of nitrogens with zero attached hydrogens (tertiary/aromatic N) is 6. The molecule has 0 atom stereocenters. The van der Waals surface area contributed by atoms with Crippen LogP contribution in [0.2, 0.25) is 0 Å². The van der Waals surface area contributed by atoms with Gasteiger partial charge < -0.3 is 9.84 Å². The van der Waals surface area contributed by atoms with E-state index in [0.717, 1.165) is 5.69 Å². The maximum Gasteiger partial charge on any atom is 0.252 e. The van der Waals surface area contributed by atoms with Crippen LogP contribution in [0.4, 0.5) is 5.82 Å². The number of piperidine rings is 1. The third-order valence-corrected chi connectivity index (χ3v) is 8.00. The van der Waals surface area contributed by atoms with E-state index < -0.39 is 10.0 Å². The summed E-state index contributed by atoms with van der Waals surface area (Å²) in [4.78, 5) is 21.7. The average Bonchev–Trinajstić information content (AvgIpc) is 3.37. The molecule has 0 saturated carbocycles. The van der Waals surface area contributed by atoms with Gasteiger partial charge in [-0.3, -0.25) is 4.79 Å². The molecule has 4 rings (SSSR count). The van der Waals surface area contributed by atoms with Crippen molar-refractivity contribution in [2.24, 2.45) is 5.92 Å². The molecule has 0 spiro atoms. The minimum Gasteiger partial charge on any atom is -0.360 e. The summed E-state index contributed by atoms with van der Waals surface area (Å²) in [5, 5.41) is 11.3. The number of nitrogens with one attached hydrogen (secondary N) is 1. The molecule has 0 radical (unpaired) electrons. The molecule has 3 aromatic heterocycles. The van der Waals surface area contributed by atoms with Gasteiger partial charge in [0.2, 0.25) is 15.9 Å². The second-order valence-electron chi connectivity index (χ2n) is 9.45. The summed E-state index contributed by atoms with van der Waals surface area (Å²) in [6, 6.07) is 3.53. The lowest BCUT2D eigenvalue weighted by atomic mass is 9.92. The molecule has 0 aromatic carbocycles. The summed E-state index contributed by atoms with van der Waals surface area (Å²) in [5.41, 5.74) is 0.885. The Labute approximate surface area is 198 Å². The zero-order valence-corrected chi connectivity index (χ0v) is 20.8.